The van der Waals surface area contributed by atoms with Gasteiger partial charge < -0.3 is 10.6 Å². The fraction of sp³-hybridized carbons (Fsp3) is 0.429. The molecule has 1 aliphatic rings. The number of hydrogen-bond acceptors (Lipinski definition) is 3. The maximum atomic E-state index is 12.4. The van der Waals surface area contributed by atoms with Crippen LogP contribution in [-0.2, 0) is 0 Å². The van der Waals surface area contributed by atoms with Gasteiger partial charge in [-0.2, -0.15) is 0 Å². The van der Waals surface area contributed by atoms with E-state index in [1.165, 1.54) is 38.5 Å². The lowest BCUT2D eigenvalue weighted by Crippen LogP contribution is -2.27. The molecule has 2 aromatic rings. The Hall–Kier alpha value is -2.36. The van der Waals surface area contributed by atoms with Crippen LogP contribution >= 0.6 is 0 Å². The van der Waals surface area contributed by atoms with E-state index in [1.54, 1.807) is 12.3 Å². The zero-order valence-corrected chi connectivity index (χ0v) is 14.9. The first-order chi connectivity index (χ1) is 12.2. The van der Waals surface area contributed by atoms with Gasteiger partial charge in [-0.3, -0.25) is 4.79 Å². The first-order valence-corrected chi connectivity index (χ1v) is 9.31. The van der Waals surface area contributed by atoms with Crippen molar-refractivity contribution in [2.24, 2.45) is 0 Å². The molecule has 0 saturated heterocycles. The van der Waals surface area contributed by atoms with Gasteiger partial charge in [0.25, 0.3) is 5.91 Å². The Bertz CT molecular complexity index is 661. The van der Waals surface area contributed by atoms with Crippen LogP contribution in [0.4, 0.5) is 5.69 Å². The summed E-state index contributed by atoms with van der Waals surface area (Å²) in [7, 11) is 0. The molecule has 1 unspecified atom stereocenters. The van der Waals surface area contributed by atoms with Gasteiger partial charge in [0.05, 0.1) is 17.9 Å². The molecule has 132 valence electrons. The molecule has 3 rings (SSSR count). The van der Waals surface area contributed by atoms with Crippen molar-refractivity contribution in [3.05, 3.63) is 59.9 Å². The largest absolute Gasteiger partial charge is 0.381 e. The Morgan fingerprint density at radius 3 is 2.40 bits per heavy atom. The van der Waals surface area contributed by atoms with Crippen molar-refractivity contribution in [1.82, 2.24) is 10.3 Å². The van der Waals surface area contributed by atoms with Crippen LogP contribution in [0, 0.1) is 0 Å². The van der Waals surface area contributed by atoms with Gasteiger partial charge in [0.15, 0.2) is 0 Å². The fourth-order valence-corrected chi connectivity index (χ4v) is 3.37. The number of hydrogen-bond donors (Lipinski definition) is 2. The monoisotopic (exact) mass is 337 g/mol. The van der Waals surface area contributed by atoms with Gasteiger partial charge in [-0.25, -0.2) is 4.98 Å². The number of pyridine rings is 1. The summed E-state index contributed by atoms with van der Waals surface area (Å²) >= 11 is 0. The topological polar surface area (TPSA) is 54.0 Å². The van der Waals surface area contributed by atoms with E-state index >= 15 is 0 Å². The summed E-state index contributed by atoms with van der Waals surface area (Å²) < 4.78 is 0. The zero-order valence-electron chi connectivity index (χ0n) is 14.9. The maximum Gasteiger partial charge on any atom is 0.270 e. The third-order valence-corrected chi connectivity index (χ3v) is 4.87. The number of aromatic nitrogens is 1. The quantitative estimate of drug-likeness (QED) is 0.777. The van der Waals surface area contributed by atoms with E-state index in [4.69, 9.17) is 0 Å². The number of benzene rings is 1. The Morgan fingerprint density at radius 2 is 1.76 bits per heavy atom. The summed E-state index contributed by atoms with van der Waals surface area (Å²) in [6.45, 7) is 1.98. The molecule has 4 heteroatoms. The number of amides is 1. The predicted octanol–water partition coefficient (Wildman–Crippen LogP) is 4.71. The van der Waals surface area contributed by atoms with Crippen LogP contribution in [-0.4, -0.2) is 16.9 Å². The van der Waals surface area contributed by atoms with Crippen LogP contribution in [0.5, 0.6) is 0 Å². The van der Waals surface area contributed by atoms with Crippen molar-refractivity contribution in [2.45, 2.75) is 57.5 Å². The van der Waals surface area contributed by atoms with Crippen LogP contribution in [0.3, 0.4) is 0 Å². The summed E-state index contributed by atoms with van der Waals surface area (Å²) in [6.07, 6.45) is 9.48. The molecule has 1 fully saturated rings. The summed E-state index contributed by atoms with van der Waals surface area (Å²) in [5, 5.41) is 6.56. The third-order valence-electron chi connectivity index (χ3n) is 4.87. The minimum absolute atomic E-state index is 0.0423. The minimum atomic E-state index is -0.141. The molecule has 0 radical (unpaired) electrons. The Balaban J connectivity index is 1.56. The highest BCUT2D eigenvalue weighted by Gasteiger charge is 2.14. The van der Waals surface area contributed by atoms with E-state index in [1.807, 2.05) is 43.3 Å². The van der Waals surface area contributed by atoms with E-state index in [2.05, 4.69) is 15.6 Å². The molecule has 4 nitrogen and oxygen atoms in total. The molecule has 1 saturated carbocycles. The molecule has 1 heterocycles. The highest BCUT2D eigenvalue weighted by molar-refractivity contribution is 5.92. The van der Waals surface area contributed by atoms with Crippen molar-refractivity contribution in [2.75, 3.05) is 5.32 Å². The van der Waals surface area contributed by atoms with Gasteiger partial charge in [-0.15, -0.1) is 0 Å². The number of carbonyl (C=O) groups excluding carboxylic acids is 1. The SMILES string of the molecule is CC(NC(=O)c1ccc(NC2CCCCCC2)cn1)c1ccccc1. The number of rotatable bonds is 5. The highest BCUT2D eigenvalue weighted by atomic mass is 16.1. The molecule has 25 heavy (non-hydrogen) atoms. The molecule has 2 N–H and O–H groups in total. The van der Waals surface area contributed by atoms with Crippen molar-refractivity contribution in [3.63, 3.8) is 0 Å². The van der Waals surface area contributed by atoms with Gasteiger partial charge in [0.2, 0.25) is 0 Å². The summed E-state index contributed by atoms with van der Waals surface area (Å²) in [5.74, 6) is -0.141. The van der Waals surface area contributed by atoms with Gasteiger partial charge in [0.1, 0.15) is 5.69 Å². The second kappa shape index (κ2) is 8.65. The van der Waals surface area contributed by atoms with Gasteiger partial charge in [0, 0.05) is 6.04 Å². The lowest BCUT2D eigenvalue weighted by molar-refractivity contribution is 0.0935. The molecular weight excluding hydrogens is 310 g/mol. The summed E-state index contributed by atoms with van der Waals surface area (Å²) in [4.78, 5) is 16.7. The van der Waals surface area contributed by atoms with E-state index in [9.17, 15) is 4.79 Å². The van der Waals surface area contributed by atoms with Crippen molar-refractivity contribution >= 4 is 11.6 Å². The molecule has 0 bridgehead atoms. The molecule has 1 aliphatic carbocycles. The van der Waals surface area contributed by atoms with Crippen LogP contribution in [0.1, 0.15) is 67.5 Å². The molecule has 0 aliphatic heterocycles. The lowest BCUT2D eigenvalue weighted by Gasteiger charge is -2.18. The molecule has 1 aromatic heterocycles. The van der Waals surface area contributed by atoms with Crippen LogP contribution in [0.2, 0.25) is 0 Å². The zero-order chi connectivity index (χ0) is 17.5. The Labute approximate surface area is 150 Å². The van der Waals surface area contributed by atoms with E-state index < -0.39 is 0 Å². The molecular formula is C21H27N3O. The van der Waals surface area contributed by atoms with Crippen LogP contribution in [0.25, 0.3) is 0 Å². The van der Waals surface area contributed by atoms with E-state index in [0.717, 1.165) is 11.3 Å². The average molecular weight is 337 g/mol. The van der Waals surface area contributed by atoms with Gasteiger partial charge in [-0.05, 0) is 37.5 Å². The summed E-state index contributed by atoms with van der Waals surface area (Å²) in [5.41, 5.74) is 2.54. The smallest absolute Gasteiger partial charge is 0.270 e. The Kier molecular flexibility index (Phi) is 6.04. The lowest BCUT2D eigenvalue weighted by atomic mass is 10.1. The first-order valence-electron chi connectivity index (χ1n) is 9.31. The van der Waals surface area contributed by atoms with E-state index in [0.29, 0.717) is 11.7 Å². The van der Waals surface area contributed by atoms with E-state index in [-0.39, 0.29) is 11.9 Å². The van der Waals surface area contributed by atoms with Crippen molar-refractivity contribution in [3.8, 4) is 0 Å². The first kappa shape index (κ1) is 17.5. The minimum Gasteiger partial charge on any atom is -0.381 e. The molecule has 0 spiro atoms. The molecule has 1 aromatic carbocycles. The van der Waals surface area contributed by atoms with Crippen molar-refractivity contribution in [1.29, 1.82) is 0 Å². The molecule has 1 amide bonds. The van der Waals surface area contributed by atoms with Crippen molar-refractivity contribution < 1.29 is 4.79 Å². The van der Waals surface area contributed by atoms with Gasteiger partial charge in [-0.1, -0.05) is 56.0 Å². The third kappa shape index (κ3) is 5.05. The number of nitrogens with one attached hydrogen (secondary N) is 2. The number of nitrogens with zero attached hydrogens (tertiary/aromatic N) is 1. The maximum absolute atomic E-state index is 12.4. The normalized spacial score (nSPS) is 16.7. The summed E-state index contributed by atoms with van der Waals surface area (Å²) in [6, 6.07) is 14.2. The fourth-order valence-electron chi connectivity index (χ4n) is 3.37. The number of anilines is 1. The standard InChI is InChI=1S/C21H27N3O/c1-16(17-9-5-4-6-10-17)23-21(25)20-14-13-19(15-22-20)24-18-11-7-2-3-8-12-18/h4-6,9-10,13-16,18,24H,2-3,7-8,11-12H2,1H3,(H,23,25). The average Bonchev–Trinajstić information content (AvgIpc) is 2.91. The predicted molar refractivity (Wildman–Crippen MR) is 102 cm³/mol. The molecule has 1 atom stereocenters. The Morgan fingerprint density at radius 1 is 1.04 bits per heavy atom. The van der Waals surface area contributed by atoms with Crippen LogP contribution in [0.15, 0.2) is 48.7 Å². The van der Waals surface area contributed by atoms with Gasteiger partial charge >= 0.3 is 0 Å². The second-order valence-corrected chi connectivity index (χ2v) is 6.87. The highest BCUT2D eigenvalue weighted by Crippen LogP contribution is 2.21. The number of carbonyl (C=O) groups is 1. The van der Waals surface area contributed by atoms with Crippen LogP contribution < -0.4 is 10.6 Å². The second-order valence-electron chi connectivity index (χ2n) is 6.87.